The van der Waals surface area contributed by atoms with E-state index in [4.69, 9.17) is 4.42 Å². The third kappa shape index (κ3) is 4.60. The van der Waals surface area contributed by atoms with Gasteiger partial charge >= 0.3 is 0 Å². The van der Waals surface area contributed by atoms with Gasteiger partial charge in [0.2, 0.25) is 15.9 Å². The summed E-state index contributed by atoms with van der Waals surface area (Å²) in [7, 11) is -3.51. The lowest BCUT2D eigenvalue weighted by atomic mass is 10.2. The molecule has 0 aliphatic carbocycles. The number of carbonyl (C=O) groups is 1. The number of rotatable bonds is 6. The predicted octanol–water partition coefficient (Wildman–Crippen LogP) is 1.55. The summed E-state index contributed by atoms with van der Waals surface area (Å²) < 4.78 is 32.1. The number of nitrogens with zero attached hydrogens (tertiary/aromatic N) is 3. The largest absolute Gasteiger partial charge is 0.444 e. The first-order chi connectivity index (χ1) is 13.3. The molecule has 2 aromatic rings. The fraction of sp³-hybridized carbons (Fsp3) is 0.474. The molecule has 9 heteroatoms. The van der Waals surface area contributed by atoms with Gasteiger partial charge in [-0.1, -0.05) is 6.92 Å². The quantitative estimate of drug-likeness (QED) is 0.782. The Morgan fingerprint density at radius 2 is 1.79 bits per heavy atom. The number of piperazine rings is 1. The highest BCUT2D eigenvalue weighted by Gasteiger charge is 2.24. The van der Waals surface area contributed by atoms with E-state index in [2.05, 4.69) is 14.6 Å². The van der Waals surface area contributed by atoms with Crippen molar-refractivity contribution < 1.29 is 17.6 Å². The van der Waals surface area contributed by atoms with Crippen molar-refractivity contribution >= 4 is 15.9 Å². The van der Waals surface area contributed by atoms with Crippen LogP contribution in [0.15, 0.2) is 33.6 Å². The summed E-state index contributed by atoms with van der Waals surface area (Å²) in [4.78, 5) is 21.3. The molecule has 152 valence electrons. The first-order valence-electron chi connectivity index (χ1n) is 9.34. The molecule has 1 fully saturated rings. The summed E-state index contributed by atoms with van der Waals surface area (Å²) >= 11 is 0. The average molecular weight is 407 g/mol. The lowest BCUT2D eigenvalue weighted by Crippen LogP contribution is -2.48. The summed E-state index contributed by atoms with van der Waals surface area (Å²) in [5.41, 5.74) is 1.39. The maximum Gasteiger partial charge on any atom is 0.253 e. The second-order valence-electron chi connectivity index (χ2n) is 6.84. The number of hydrogen-bond acceptors (Lipinski definition) is 6. The van der Waals surface area contributed by atoms with Crippen molar-refractivity contribution in [2.24, 2.45) is 0 Å². The monoisotopic (exact) mass is 406 g/mol. The second kappa shape index (κ2) is 8.42. The minimum atomic E-state index is -3.51. The van der Waals surface area contributed by atoms with E-state index < -0.39 is 10.0 Å². The Labute approximate surface area is 165 Å². The first-order valence-corrected chi connectivity index (χ1v) is 10.8. The smallest absolute Gasteiger partial charge is 0.253 e. The van der Waals surface area contributed by atoms with E-state index in [1.54, 1.807) is 24.0 Å². The molecule has 1 aromatic carbocycles. The normalized spacial score (nSPS) is 15.8. The van der Waals surface area contributed by atoms with Crippen LogP contribution in [0.25, 0.3) is 0 Å². The molecule has 1 amide bonds. The topological polar surface area (TPSA) is 95.8 Å². The van der Waals surface area contributed by atoms with E-state index in [0.717, 1.165) is 24.5 Å². The Morgan fingerprint density at radius 1 is 1.14 bits per heavy atom. The third-order valence-corrected chi connectivity index (χ3v) is 6.40. The molecule has 1 saturated heterocycles. The Balaban J connectivity index is 1.57. The van der Waals surface area contributed by atoms with Crippen LogP contribution in [0.4, 0.5) is 0 Å². The zero-order valence-electron chi connectivity index (χ0n) is 16.4. The number of carbonyl (C=O) groups excluding carboxylic acids is 1. The SMILES string of the molecule is CCNS(=O)(=O)c1ccc(C(=O)N2CCN(Cc3nc(C)c(C)o3)CC2)cc1. The Morgan fingerprint density at radius 3 is 2.32 bits per heavy atom. The van der Waals surface area contributed by atoms with Crippen LogP contribution in [-0.4, -0.2) is 61.8 Å². The van der Waals surface area contributed by atoms with Crippen molar-refractivity contribution in [3.63, 3.8) is 0 Å². The van der Waals surface area contributed by atoms with Crippen LogP contribution in [0.2, 0.25) is 0 Å². The van der Waals surface area contributed by atoms with E-state index in [0.29, 0.717) is 37.6 Å². The van der Waals surface area contributed by atoms with Gasteiger partial charge in [0.1, 0.15) is 5.76 Å². The molecule has 0 unspecified atom stereocenters. The van der Waals surface area contributed by atoms with Crippen molar-refractivity contribution in [2.45, 2.75) is 32.2 Å². The summed E-state index contributed by atoms with van der Waals surface area (Å²) in [6, 6.07) is 6.07. The number of benzene rings is 1. The fourth-order valence-corrected chi connectivity index (χ4v) is 4.18. The molecule has 2 heterocycles. The predicted molar refractivity (Wildman–Crippen MR) is 104 cm³/mol. The number of hydrogen-bond donors (Lipinski definition) is 1. The Kier molecular flexibility index (Phi) is 6.17. The van der Waals surface area contributed by atoms with Crippen molar-refractivity contribution in [3.05, 3.63) is 47.2 Å². The molecule has 3 rings (SSSR count). The van der Waals surface area contributed by atoms with Crippen LogP contribution >= 0.6 is 0 Å². The summed E-state index contributed by atoms with van der Waals surface area (Å²) in [5.74, 6) is 1.45. The number of oxazole rings is 1. The maximum atomic E-state index is 12.7. The van der Waals surface area contributed by atoms with E-state index >= 15 is 0 Å². The summed E-state index contributed by atoms with van der Waals surface area (Å²) in [6.07, 6.45) is 0. The second-order valence-corrected chi connectivity index (χ2v) is 8.61. The first kappa shape index (κ1) is 20.5. The third-order valence-electron chi connectivity index (χ3n) is 4.84. The molecule has 1 aliphatic heterocycles. The van der Waals surface area contributed by atoms with Crippen LogP contribution in [0.1, 0.15) is 34.6 Å². The Hall–Kier alpha value is -2.23. The molecule has 1 aliphatic rings. The van der Waals surface area contributed by atoms with Gasteiger partial charge in [-0.15, -0.1) is 0 Å². The van der Waals surface area contributed by atoms with Gasteiger partial charge in [0.05, 0.1) is 17.1 Å². The molecule has 8 nitrogen and oxygen atoms in total. The van der Waals surface area contributed by atoms with Crippen molar-refractivity contribution in [3.8, 4) is 0 Å². The van der Waals surface area contributed by atoms with Crippen LogP contribution < -0.4 is 4.72 Å². The molecule has 1 N–H and O–H groups in total. The minimum absolute atomic E-state index is 0.0881. The van der Waals surface area contributed by atoms with Crippen LogP contribution in [0.3, 0.4) is 0 Å². The van der Waals surface area contributed by atoms with E-state index in [-0.39, 0.29) is 10.8 Å². The average Bonchev–Trinajstić information content (AvgIpc) is 2.99. The highest BCUT2D eigenvalue weighted by Crippen LogP contribution is 2.15. The Bertz CT molecular complexity index is 910. The molecule has 0 spiro atoms. The van der Waals surface area contributed by atoms with Gasteiger partial charge in [-0.05, 0) is 38.1 Å². The molecule has 1 aromatic heterocycles. The highest BCUT2D eigenvalue weighted by molar-refractivity contribution is 7.89. The van der Waals surface area contributed by atoms with Gasteiger partial charge < -0.3 is 9.32 Å². The maximum absolute atomic E-state index is 12.7. The van der Waals surface area contributed by atoms with E-state index in [1.807, 2.05) is 13.8 Å². The van der Waals surface area contributed by atoms with Gasteiger partial charge in [0.15, 0.2) is 0 Å². The number of amides is 1. The molecule has 0 radical (unpaired) electrons. The van der Waals surface area contributed by atoms with Gasteiger partial charge in [-0.3, -0.25) is 9.69 Å². The van der Waals surface area contributed by atoms with Crippen molar-refractivity contribution in [2.75, 3.05) is 32.7 Å². The zero-order valence-corrected chi connectivity index (χ0v) is 17.3. The lowest BCUT2D eigenvalue weighted by Gasteiger charge is -2.34. The fourth-order valence-electron chi connectivity index (χ4n) is 3.14. The lowest BCUT2D eigenvalue weighted by molar-refractivity contribution is 0.0617. The van der Waals surface area contributed by atoms with Crippen LogP contribution in [-0.2, 0) is 16.6 Å². The van der Waals surface area contributed by atoms with E-state index in [1.165, 1.54) is 12.1 Å². The molecule has 0 atom stereocenters. The van der Waals surface area contributed by atoms with Crippen LogP contribution in [0.5, 0.6) is 0 Å². The molecule has 0 saturated carbocycles. The number of aromatic nitrogens is 1. The minimum Gasteiger partial charge on any atom is -0.444 e. The van der Waals surface area contributed by atoms with Gasteiger partial charge in [0, 0.05) is 38.3 Å². The molecule has 0 bridgehead atoms. The number of sulfonamides is 1. The van der Waals surface area contributed by atoms with Gasteiger partial charge in [-0.2, -0.15) is 0 Å². The summed E-state index contributed by atoms with van der Waals surface area (Å²) in [5, 5.41) is 0. The molecule has 28 heavy (non-hydrogen) atoms. The van der Waals surface area contributed by atoms with Gasteiger partial charge in [-0.25, -0.2) is 18.1 Å². The van der Waals surface area contributed by atoms with E-state index in [9.17, 15) is 13.2 Å². The zero-order chi connectivity index (χ0) is 20.3. The van der Waals surface area contributed by atoms with Crippen molar-refractivity contribution in [1.82, 2.24) is 19.5 Å². The standard InChI is InChI=1S/C19H26N4O4S/c1-4-20-28(25,26)17-7-5-16(6-8-17)19(24)23-11-9-22(10-12-23)13-18-21-14(2)15(3)27-18/h5-8,20H,4,9-13H2,1-3H3. The number of aryl methyl sites for hydroxylation is 2. The molecular formula is C19H26N4O4S. The van der Waals surface area contributed by atoms with Crippen LogP contribution in [0, 0.1) is 13.8 Å². The number of nitrogens with one attached hydrogen (secondary N) is 1. The molecular weight excluding hydrogens is 380 g/mol. The highest BCUT2D eigenvalue weighted by atomic mass is 32.2. The summed E-state index contributed by atoms with van der Waals surface area (Å²) in [6.45, 7) is 9.18. The van der Waals surface area contributed by atoms with Gasteiger partial charge in [0.25, 0.3) is 5.91 Å². The van der Waals surface area contributed by atoms with Crippen molar-refractivity contribution in [1.29, 1.82) is 0 Å².